The van der Waals surface area contributed by atoms with E-state index in [1.54, 1.807) is 12.1 Å². The van der Waals surface area contributed by atoms with Gasteiger partial charge in [0, 0.05) is 0 Å². The second kappa shape index (κ2) is 7.84. The van der Waals surface area contributed by atoms with Crippen molar-refractivity contribution >= 4 is 5.97 Å². The Morgan fingerprint density at radius 3 is 2.39 bits per heavy atom. The topological polar surface area (TPSA) is 44.8 Å². The number of methoxy groups -OCH3 is 1. The Morgan fingerprint density at radius 2 is 1.83 bits per heavy atom. The van der Waals surface area contributed by atoms with Crippen LogP contribution < -0.4 is 0 Å². The van der Waals surface area contributed by atoms with E-state index in [4.69, 9.17) is 9.47 Å². The van der Waals surface area contributed by atoms with E-state index in [0.717, 1.165) is 5.56 Å². The molecule has 0 bridgehead atoms. The molecule has 0 fully saturated rings. The van der Waals surface area contributed by atoms with Gasteiger partial charge in [-0.25, -0.2) is 4.79 Å². The van der Waals surface area contributed by atoms with Crippen LogP contribution in [0.25, 0.3) is 0 Å². The molecule has 1 aromatic rings. The van der Waals surface area contributed by atoms with Gasteiger partial charge in [0.2, 0.25) is 0 Å². The fraction of sp³-hybridized carbons (Fsp3) is 0.500. The first-order valence-electron chi connectivity index (χ1n) is 6.00. The standard InChI is InChI=1S/C14H20O4/c1-11(2)18-9-8-17-10-12-4-6-13(7-5-12)14(15)16-3/h4-7,11H,8-10H2,1-3H3. The molecule has 1 rings (SSSR count). The lowest BCUT2D eigenvalue weighted by atomic mass is 10.1. The molecule has 0 spiro atoms. The predicted molar refractivity (Wildman–Crippen MR) is 68.5 cm³/mol. The van der Waals surface area contributed by atoms with Crippen LogP contribution in [0.3, 0.4) is 0 Å². The molecule has 0 N–H and O–H groups in total. The third-order valence-electron chi connectivity index (χ3n) is 2.32. The largest absolute Gasteiger partial charge is 0.465 e. The van der Waals surface area contributed by atoms with Crippen LogP contribution in [-0.2, 0) is 20.8 Å². The Bertz CT molecular complexity index is 357. The molecule has 0 amide bonds. The van der Waals surface area contributed by atoms with Gasteiger partial charge in [0.05, 0.1) is 38.6 Å². The van der Waals surface area contributed by atoms with Gasteiger partial charge in [-0.15, -0.1) is 0 Å². The van der Waals surface area contributed by atoms with Gasteiger partial charge in [0.25, 0.3) is 0 Å². The number of hydrogen-bond donors (Lipinski definition) is 0. The number of carbonyl (C=O) groups excluding carboxylic acids is 1. The lowest BCUT2D eigenvalue weighted by Crippen LogP contribution is -2.09. The van der Waals surface area contributed by atoms with Gasteiger partial charge in [-0.2, -0.15) is 0 Å². The molecule has 0 heterocycles. The van der Waals surface area contributed by atoms with Gasteiger partial charge >= 0.3 is 5.97 Å². The van der Waals surface area contributed by atoms with Gasteiger partial charge in [0.15, 0.2) is 0 Å². The van der Waals surface area contributed by atoms with Crippen LogP contribution in [0.1, 0.15) is 29.8 Å². The molecule has 4 heteroatoms. The van der Waals surface area contributed by atoms with Crippen molar-refractivity contribution in [1.29, 1.82) is 0 Å². The minimum Gasteiger partial charge on any atom is -0.465 e. The first kappa shape index (κ1) is 14.7. The Hall–Kier alpha value is -1.39. The van der Waals surface area contributed by atoms with Crippen LogP contribution in [0.15, 0.2) is 24.3 Å². The summed E-state index contributed by atoms with van der Waals surface area (Å²) < 4.78 is 15.4. The minimum atomic E-state index is -0.326. The molecular weight excluding hydrogens is 232 g/mol. The van der Waals surface area contributed by atoms with Crippen molar-refractivity contribution in [3.63, 3.8) is 0 Å². The molecule has 0 atom stereocenters. The average molecular weight is 252 g/mol. The van der Waals surface area contributed by atoms with E-state index in [9.17, 15) is 4.79 Å². The number of hydrogen-bond acceptors (Lipinski definition) is 4. The van der Waals surface area contributed by atoms with Crippen molar-refractivity contribution in [1.82, 2.24) is 0 Å². The predicted octanol–water partition coefficient (Wildman–Crippen LogP) is 2.41. The summed E-state index contributed by atoms with van der Waals surface area (Å²) in [5, 5.41) is 0. The summed E-state index contributed by atoms with van der Waals surface area (Å²) in [6.45, 7) is 5.66. The summed E-state index contributed by atoms with van der Waals surface area (Å²) in [5.41, 5.74) is 1.57. The number of carbonyl (C=O) groups is 1. The highest BCUT2D eigenvalue weighted by atomic mass is 16.5. The number of ether oxygens (including phenoxy) is 3. The van der Waals surface area contributed by atoms with Gasteiger partial charge in [-0.05, 0) is 31.5 Å². The zero-order chi connectivity index (χ0) is 13.4. The van der Waals surface area contributed by atoms with Gasteiger partial charge in [-0.1, -0.05) is 12.1 Å². The molecule has 4 nitrogen and oxygen atoms in total. The van der Waals surface area contributed by atoms with E-state index < -0.39 is 0 Å². The molecule has 0 aliphatic carbocycles. The molecule has 0 unspecified atom stereocenters. The lowest BCUT2D eigenvalue weighted by molar-refractivity contribution is 0.0143. The SMILES string of the molecule is COC(=O)c1ccc(COCCOC(C)C)cc1. The van der Waals surface area contributed by atoms with Crippen LogP contribution in [0.5, 0.6) is 0 Å². The van der Waals surface area contributed by atoms with Crippen molar-refractivity contribution in [3.8, 4) is 0 Å². The van der Waals surface area contributed by atoms with Crippen molar-refractivity contribution in [2.24, 2.45) is 0 Å². The Morgan fingerprint density at radius 1 is 1.17 bits per heavy atom. The zero-order valence-electron chi connectivity index (χ0n) is 11.1. The summed E-state index contributed by atoms with van der Waals surface area (Å²) >= 11 is 0. The van der Waals surface area contributed by atoms with Gasteiger partial charge in [-0.3, -0.25) is 0 Å². The summed E-state index contributed by atoms with van der Waals surface area (Å²) in [5.74, 6) is -0.326. The molecule has 0 aliphatic rings. The maximum atomic E-state index is 11.2. The van der Waals surface area contributed by atoms with Crippen molar-refractivity contribution in [2.75, 3.05) is 20.3 Å². The van der Waals surface area contributed by atoms with E-state index in [1.807, 2.05) is 26.0 Å². The van der Waals surface area contributed by atoms with Crippen molar-refractivity contribution < 1.29 is 19.0 Å². The normalized spacial score (nSPS) is 10.7. The van der Waals surface area contributed by atoms with Crippen molar-refractivity contribution in [2.45, 2.75) is 26.6 Å². The van der Waals surface area contributed by atoms with Crippen LogP contribution >= 0.6 is 0 Å². The first-order valence-corrected chi connectivity index (χ1v) is 6.00. The number of benzene rings is 1. The Kier molecular flexibility index (Phi) is 6.39. The Labute approximate surface area is 108 Å². The summed E-state index contributed by atoms with van der Waals surface area (Å²) in [4.78, 5) is 11.2. The number of esters is 1. The highest BCUT2D eigenvalue weighted by Gasteiger charge is 2.04. The monoisotopic (exact) mass is 252 g/mol. The third-order valence-corrected chi connectivity index (χ3v) is 2.32. The Balaban J connectivity index is 2.29. The molecule has 0 aliphatic heterocycles. The molecule has 1 aromatic carbocycles. The molecule has 0 radical (unpaired) electrons. The maximum Gasteiger partial charge on any atom is 0.337 e. The maximum absolute atomic E-state index is 11.2. The second-order valence-corrected chi connectivity index (χ2v) is 4.16. The third kappa shape index (κ3) is 5.29. The first-order chi connectivity index (χ1) is 8.63. The van der Waals surface area contributed by atoms with E-state index in [-0.39, 0.29) is 12.1 Å². The van der Waals surface area contributed by atoms with E-state index >= 15 is 0 Å². The van der Waals surface area contributed by atoms with Crippen LogP contribution in [-0.4, -0.2) is 32.4 Å². The fourth-order valence-corrected chi connectivity index (χ4v) is 1.39. The summed E-state index contributed by atoms with van der Waals surface area (Å²) in [7, 11) is 1.37. The molecular formula is C14H20O4. The molecule has 0 saturated heterocycles. The lowest BCUT2D eigenvalue weighted by Gasteiger charge is -2.08. The highest BCUT2D eigenvalue weighted by Crippen LogP contribution is 2.06. The zero-order valence-corrected chi connectivity index (χ0v) is 11.1. The quantitative estimate of drug-likeness (QED) is 0.552. The van der Waals surface area contributed by atoms with Crippen LogP contribution in [0.2, 0.25) is 0 Å². The minimum absolute atomic E-state index is 0.230. The molecule has 0 saturated carbocycles. The van der Waals surface area contributed by atoms with Crippen molar-refractivity contribution in [3.05, 3.63) is 35.4 Å². The smallest absolute Gasteiger partial charge is 0.337 e. The highest BCUT2D eigenvalue weighted by molar-refractivity contribution is 5.89. The van der Waals surface area contributed by atoms with E-state index in [2.05, 4.69) is 4.74 Å². The fourth-order valence-electron chi connectivity index (χ4n) is 1.39. The van der Waals surface area contributed by atoms with Crippen LogP contribution in [0.4, 0.5) is 0 Å². The second-order valence-electron chi connectivity index (χ2n) is 4.16. The van der Waals surface area contributed by atoms with Gasteiger partial charge < -0.3 is 14.2 Å². The molecule has 100 valence electrons. The van der Waals surface area contributed by atoms with Gasteiger partial charge in [0.1, 0.15) is 0 Å². The molecule has 0 aromatic heterocycles. The van der Waals surface area contributed by atoms with Crippen LogP contribution in [0, 0.1) is 0 Å². The average Bonchev–Trinajstić information content (AvgIpc) is 2.38. The summed E-state index contributed by atoms with van der Waals surface area (Å²) in [6.07, 6.45) is 0.230. The summed E-state index contributed by atoms with van der Waals surface area (Å²) in [6, 6.07) is 7.18. The van der Waals surface area contributed by atoms with E-state index in [0.29, 0.717) is 25.4 Å². The number of rotatable bonds is 7. The molecule has 18 heavy (non-hydrogen) atoms. The van der Waals surface area contributed by atoms with E-state index in [1.165, 1.54) is 7.11 Å².